The molecule has 1 aromatic carbocycles. The smallest absolute Gasteiger partial charge is 0.0587 e. The summed E-state index contributed by atoms with van der Waals surface area (Å²) in [6.07, 6.45) is 2.43. The van der Waals surface area contributed by atoms with Crippen molar-refractivity contribution in [3.63, 3.8) is 0 Å². The van der Waals surface area contributed by atoms with Gasteiger partial charge in [0.2, 0.25) is 0 Å². The average Bonchev–Trinajstić information content (AvgIpc) is 2.33. The predicted molar refractivity (Wildman–Crippen MR) is 76.5 cm³/mol. The summed E-state index contributed by atoms with van der Waals surface area (Å²) in [5.41, 5.74) is 1.41. The van der Waals surface area contributed by atoms with E-state index in [1.807, 2.05) is 0 Å². The summed E-state index contributed by atoms with van der Waals surface area (Å²) in [7, 11) is 1.74. The largest absolute Gasteiger partial charge is 0.383 e. The molecular formula is C14H22BrNO. The normalized spacial score (nSPS) is 12.6. The molecule has 3 heteroatoms. The van der Waals surface area contributed by atoms with Crippen molar-refractivity contribution < 1.29 is 4.74 Å². The first-order valence-corrected chi connectivity index (χ1v) is 7.02. The van der Waals surface area contributed by atoms with Crippen molar-refractivity contribution >= 4 is 15.9 Å². The van der Waals surface area contributed by atoms with Crippen LogP contribution in [0.4, 0.5) is 0 Å². The topological polar surface area (TPSA) is 21.3 Å². The van der Waals surface area contributed by atoms with Gasteiger partial charge in [0.05, 0.1) is 6.61 Å². The van der Waals surface area contributed by atoms with Crippen molar-refractivity contribution in [2.75, 3.05) is 26.8 Å². The SMILES string of the molecule is CCCC(CNCCOC)c1cccc(Br)c1. The van der Waals surface area contributed by atoms with Gasteiger partial charge in [-0.15, -0.1) is 0 Å². The van der Waals surface area contributed by atoms with Crippen LogP contribution >= 0.6 is 15.9 Å². The highest BCUT2D eigenvalue weighted by atomic mass is 79.9. The first kappa shape index (κ1) is 14.7. The monoisotopic (exact) mass is 299 g/mol. The zero-order chi connectivity index (χ0) is 12.5. The molecule has 17 heavy (non-hydrogen) atoms. The van der Waals surface area contributed by atoms with Crippen LogP contribution in [0.1, 0.15) is 31.2 Å². The molecule has 0 spiro atoms. The van der Waals surface area contributed by atoms with Gasteiger partial charge in [-0.25, -0.2) is 0 Å². The highest BCUT2D eigenvalue weighted by Gasteiger charge is 2.10. The number of halogens is 1. The molecule has 0 radical (unpaired) electrons. The average molecular weight is 300 g/mol. The lowest BCUT2D eigenvalue weighted by Crippen LogP contribution is -2.25. The van der Waals surface area contributed by atoms with Crippen LogP contribution in [0.25, 0.3) is 0 Å². The Morgan fingerprint density at radius 1 is 1.41 bits per heavy atom. The third-order valence-electron chi connectivity index (χ3n) is 2.83. The maximum atomic E-state index is 5.04. The maximum Gasteiger partial charge on any atom is 0.0587 e. The van der Waals surface area contributed by atoms with Crippen LogP contribution in [-0.4, -0.2) is 26.8 Å². The minimum absolute atomic E-state index is 0.592. The van der Waals surface area contributed by atoms with Crippen LogP contribution in [0.15, 0.2) is 28.7 Å². The van der Waals surface area contributed by atoms with Gasteiger partial charge < -0.3 is 10.1 Å². The molecule has 0 amide bonds. The van der Waals surface area contributed by atoms with Gasteiger partial charge in [-0.1, -0.05) is 41.4 Å². The Labute approximate surface area is 113 Å². The van der Waals surface area contributed by atoms with Gasteiger partial charge in [-0.05, 0) is 30.0 Å². The van der Waals surface area contributed by atoms with Crippen LogP contribution < -0.4 is 5.32 Å². The number of methoxy groups -OCH3 is 1. The molecule has 1 aromatic rings. The van der Waals surface area contributed by atoms with E-state index < -0.39 is 0 Å². The Kier molecular flexibility index (Phi) is 7.49. The summed E-state index contributed by atoms with van der Waals surface area (Å²) in [5, 5.41) is 3.45. The number of ether oxygens (including phenoxy) is 1. The fraction of sp³-hybridized carbons (Fsp3) is 0.571. The Hall–Kier alpha value is -0.380. The molecule has 0 saturated heterocycles. The van der Waals surface area contributed by atoms with Crippen molar-refractivity contribution in [1.82, 2.24) is 5.32 Å². The second-order valence-electron chi connectivity index (χ2n) is 4.24. The third kappa shape index (κ3) is 5.66. The summed E-state index contributed by atoms with van der Waals surface area (Å²) < 4.78 is 6.20. The van der Waals surface area contributed by atoms with Crippen LogP contribution in [0.3, 0.4) is 0 Å². The van der Waals surface area contributed by atoms with E-state index in [0.717, 1.165) is 24.2 Å². The summed E-state index contributed by atoms with van der Waals surface area (Å²) in [6.45, 7) is 4.95. The quantitative estimate of drug-likeness (QED) is 0.741. The Balaban J connectivity index is 2.52. The van der Waals surface area contributed by atoms with Crippen LogP contribution in [0.2, 0.25) is 0 Å². The van der Waals surface area contributed by atoms with E-state index in [1.54, 1.807) is 7.11 Å². The molecule has 0 heterocycles. The van der Waals surface area contributed by atoms with Crippen molar-refractivity contribution in [2.45, 2.75) is 25.7 Å². The Morgan fingerprint density at radius 2 is 2.24 bits per heavy atom. The predicted octanol–water partition coefficient (Wildman–Crippen LogP) is 3.57. The molecule has 1 unspecified atom stereocenters. The van der Waals surface area contributed by atoms with Gasteiger partial charge in [0.1, 0.15) is 0 Å². The summed E-state index contributed by atoms with van der Waals surface area (Å²) in [6, 6.07) is 8.61. The molecule has 1 atom stereocenters. The fourth-order valence-electron chi connectivity index (χ4n) is 1.95. The van der Waals surface area contributed by atoms with Gasteiger partial charge in [0, 0.05) is 24.7 Å². The lowest BCUT2D eigenvalue weighted by atomic mass is 9.94. The summed E-state index contributed by atoms with van der Waals surface area (Å²) >= 11 is 3.53. The standard InChI is InChI=1S/C14H22BrNO/c1-3-5-13(11-16-8-9-17-2)12-6-4-7-14(15)10-12/h4,6-7,10,13,16H,3,5,8-9,11H2,1-2H3. The Bertz CT molecular complexity index is 317. The van der Waals surface area contributed by atoms with Crippen LogP contribution in [0.5, 0.6) is 0 Å². The van der Waals surface area contributed by atoms with Crippen LogP contribution in [0, 0.1) is 0 Å². The van der Waals surface area contributed by atoms with E-state index >= 15 is 0 Å². The van der Waals surface area contributed by atoms with E-state index in [9.17, 15) is 0 Å². The molecule has 0 saturated carbocycles. The molecule has 1 rings (SSSR count). The first-order valence-electron chi connectivity index (χ1n) is 6.23. The molecule has 0 bridgehead atoms. The number of rotatable bonds is 8. The zero-order valence-electron chi connectivity index (χ0n) is 10.7. The van der Waals surface area contributed by atoms with Gasteiger partial charge in [0.15, 0.2) is 0 Å². The lowest BCUT2D eigenvalue weighted by Gasteiger charge is -2.17. The Morgan fingerprint density at radius 3 is 2.88 bits per heavy atom. The van der Waals surface area contributed by atoms with Crippen LogP contribution in [-0.2, 0) is 4.74 Å². The summed E-state index contributed by atoms with van der Waals surface area (Å²) in [5.74, 6) is 0.592. The second-order valence-corrected chi connectivity index (χ2v) is 5.15. The lowest BCUT2D eigenvalue weighted by molar-refractivity contribution is 0.198. The van der Waals surface area contributed by atoms with Crippen molar-refractivity contribution in [3.05, 3.63) is 34.3 Å². The zero-order valence-corrected chi connectivity index (χ0v) is 12.3. The van der Waals surface area contributed by atoms with Gasteiger partial charge in [-0.2, -0.15) is 0 Å². The highest BCUT2D eigenvalue weighted by Crippen LogP contribution is 2.23. The number of hydrogen-bond donors (Lipinski definition) is 1. The number of nitrogens with one attached hydrogen (secondary N) is 1. The molecule has 0 fully saturated rings. The van der Waals surface area contributed by atoms with Crippen molar-refractivity contribution in [1.29, 1.82) is 0 Å². The fourth-order valence-corrected chi connectivity index (χ4v) is 2.36. The first-order chi connectivity index (χ1) is 8.27. The number of benzene rings is 1. The molecule has 0 aliphatic carbocycles. The third-order valence-corrected chi connectivity index (χ3v) is 3.32. The maximum absolute atomic E-state index is 5.04. The van der Waals surface area contributed by atoms with Gasteiger partial charge in [0.25, 0.3) is 0 Å². The molecule has 0 aliphatic rings. The van der Waals surface area contributed by atoms with Crippen molar-refractivity contribution in [3.8, 4) is 0 Å². The summed E-state index contributed by atoms with van der Waals surface area (Å²) in [4.78, 5) is 0. The minimum atomic E-state index is 0.592. The van der Waals surface area contributed by atoms with Crippen molar-refractivity contribution in [2.24, 2.45) is 0 Å². The molecule has 1 N–H and O–H groups in total. The van der Waals surface area contributed by atoms with E-state index in [0.29, 0.717) is 5.92 Å². The number of hydrogen-bond acceptors (Lipinski definition) is 2. The van der Waals surface area contributed by atoms with Gasteiger partial charge >= 0.3 is 0 Å². The molecule has 0 aromatic heterocycles. The molecule has 0 aliphatic heterocycles. The van der Waals surface area contributed by atoms with E-state index in [2.05, 4.69) is 52.4 Å². The second kappa shape index (κ2) is 8.67. The minimum Gasteiger partial charge on any atom is -0.383 e. The molecule has 2 nitrogen and oxygen atoms in total. The van der Waals surface area contributed by atoms with Gasteiger partial charge in [-0.3, -0.25) is 0 Å². The van der Waals surface area contributed by atoms with E-state index in [-0.39, 0.29) is 0 Å². The highest BCUT2D eigenvalue weighted by molar-refractivity contribution is 9.10. The van der Waals surface area contributed by atoms with E-state index in [4.69, 9.17) is 4.74 Å². The molecular weight excluding hydrogens is 278 g/mol. The molecule has 96 valence electrons. The van der Waals surface area contributed by atoms with E-state index in [1.165, 1.54) is 18.4 Å².